The molecule has 94 valence electrons. The van der Waals surface area contributed by atoms with Gasteiger partial charge in [0.05, 0.1) is 11.4 Å². The Morgan fingerprint density at radius 3 is 2.78 bits per heavy atom. The van der Waals surface area contributed by atoms with Crippen molar-refractivity contribution in [3.63, 3.8) is 0 Å². The highest BCUT2D eigenvalue weighted by atomic mass is 15.3. The van der Waals surface area contributed by atoms with Crippen molar-refractivity contribution in [1.82, 2.24) is 15.1 Å². The smallest absolute Gasteiger partial charge is 0.0678 e. The summed E-state index contributed by atoms with van der Waals surface area (Å²) in [6.45, 7) is 5.10. The molecule has 1 N–H and O–H groups in total. The maximum atomic E-state index is 4.49. The number of nitrogens with zero attached hydrogens (tertiary/aromatic N) is 2. The molecular formula is C15H19N3. The maximum absolute atomic E-state index is 4.49. The quantitative estimate of drug-likeness (QED) is 0.892. The van der Waals surface area contributed by atoms with E-state index in [1.165, 1.54) is 29.7 Å². The first-order valence-electron chi connectivity index (χ1n) is 6.58. The molecule has 0 amide bonds. The molecule has 1 fully saturated rings. The normalized spacial score (nSPS) is 15.0. The number of rotatable bonds is 4. The van der Waals surface area contributed by atoms with Crippen LogP contribution in [0.1, 0.15) is 29.7 Å². The molecule has 0 aliphatic heterocycles. The summed E-state index contributed by atoms with van der Waals surface area (Å²) in [7, 11) is 0. The predicted octanol–water partition coefficient (Wildman–Crippen LogP) is 2.74. The minimum atomic E-state index is 0.752. The van der Waals surface area contributed by atoms with E-state index in [1.54, 1.807) is 0 Å². The summed E-state index contributed by atoms with van der Waals surface area (Å²) in [6, 6.07) is 9.40. The molecule has 1 aliphatic carbocycles. The van der Waals surface area contributed by atoms with Crippen LogP contribution in [0.2, 0.25) is 0 Å². The summed E-state index contributed by atoms with van der Waals surface area (Å²) in [4.78, 5) is 0. The highest BCUT2D eigenvalue weighted by Gasteiger charge is 2.20. The van der Waals surface area contributed by atoms with E-state index in [-0.39, 0.29) is 0 Å². The molecule has 1 saturated carbocycles. The van der Waals surface area contributed by atoms with Crippen LogP contribution >= 0.6 is 0 Å². The molecule has 0 spiro atoms. The molecule has 0 bridgehead atoms. The Bertz CT molecular complexity index is 553. The van der Waals surface area contributed by atoms with Gasteiger partial charge in [0, 0.05) is 18.8 Å². The van der Waals surface area contributed by atoms with E-state index >= 15 is 0 Å². The average Bonchev–Trinajstić information content (AvgIpc) is 3.10. The standard InChI is InChI=1S/C15H19N3/c1-11-3-4-13(10-16-14-5-6-14)9-15(11)18-8-7-12(2)17-18/h3-4,7-9,14,16H,5-6,10H2,1-2H3. The number of aromatic nitrogens is 2. The summed E-state index contributed by atoms with van der Waals surface area (Å²) >= 11 is 0. The Morgan fingerprint density at radius 1 is 1.28 bits per heavy atom. The first-order valence-corrected chi connectivity index (χ1v) is 6.58. The molecule has 1 aliphatic rings. The van der Waals surface area contributed by atoms with Gasteiger partial charge in [-0.3, -0.25) is 0 Å². The fourth-order valence-electron chi connectivity index (χ4n) is 2.11. The SMILES string of the molecule is Cc1ccn(-c2cc(CNC3CC3)ccc2C)n1. The largest absolute Gasteiger partial charge is 0.310 e. The minimum absolute atomic E-state index is 0.752. The number of benzene rings is 1. The van der Waals surface area contributed by atoms with Crippen molar-refractivity contribution >= 4 is 0 Å². The lowest BCUT2D eigenvalue weighted by atomic mass is 10.1. The molecule has 0 saturated heterocycles. The van der Waals surface area contributed by atoms with Crippen LogP contribution in [0.15, 0.2) is 30.5 Å². The second-order valence-electron chi connectivity index (χ2n) is 5.18. The van der Waals surface area contributed by atoms with Gasteiger partial charge in [-0.25, -0.2) is 4.68 Å². The van der Waals surface area contributed by atoms with Crippen LogP contribution in [0.4, 0.5) is 0 Å². The fraction of sp³-hybridized carbons (Fsp3) is 0.400. The van der Waals surface area contributed by atoms with E-state index in [1.807, 2.05) is 23.9 Å². The third kappa shape index (κ3) is 2.46. The molecule has 0 unspecified atom stereocenters. The van der Waals surface area contributed by atoms with E-state index in [2.05, 4.69) is 35.5 Å². The molecule has 0 atom stereocenters. The fourth-order valence-corrected chi connectivity index (χ4v) is 2.11. The van der Waals surface area contributed by atoms with Gasteiger partial charge in [-0.2, -0.15) is 5.10 Å². The molecular weight excluding hydrogens is 222 g/mol. The van der Waals surface area contributed by atoms with Crippen molar-refractivity contribution in [2.45, 2.75) is 39.3 Å². The van der Waals surface area contributed by atoms with E-state index in [4.69, 9.17) is 0 Å². The van der Waals surface area contributed by atoms with Crippen LogP contribution in [0, 0.1) is 13.8 Å². The van der Waals surface area contributed by atoms with E-state index < -0.39 is 0 Å². The van der Waals surface area contributed by atoms with Crippen LogP contribution < -0.4 is 5.32 Å². The van der Waals surface area contributed by atoms with Crippen molar-refractivity contribution < 1.29 is 0 Å². The maximum Gasteiger partial charge on any atom is 0.0678 e. The highest BCUT2D eigenvalue weighted by Crippen LogP contribution is 2.20. The molecule has 0 radical (unpaired) electrons. The molecule has 3 rings (SSSR count). The number of aryl methyl sites for hydroxylation is 2. The van der Waals surface area contributed by atoms with Gasteiger partial charge in [-0.15, -0.1) is 0 Å². The van der Waals surface area contributed by atoms with Gasteiger partial charge in [0.2, 0.25) is 0 Å². The molecule has 2 aromatic rings. The lowest BCUT2D eigenvalue weighted by molar-refractivity contribution is 0.686. The molecule has 1 aromatic carbocycles. The van der Waals surface area contributed by atoms with Crippen LogP contribution in [0.5, 0.6) is 0 Å². The van der Waals surface area contributed by atoms with Gasteiger partial charge in [0.15, 0.2) is 0 Å². The number of hydrogen-bond donors (Lipinski definition) is 1. The topological polar surface area (TPSA) is 29.9 Å². The summed E-state index contributed by atoms with van der Waals surface area (Å²) in [5, 5.41) is 8.03. The molecule has 1 heterocycles. The molecule has 3 nitrogen and oxygen atoms in total. The van der Waals surface area contributed by atoms with Crippen molar-refractivity contribution in [1.29, 1.82) is 0 Å². The number of nitrogens with one attached hydrogen (secondary N) is 1. The Morgan fingerprint density at radius 2 is 2.11 bits per heavy atom. The van der Waals surface area contributed by atoms with Crippen LogP contribution in [0.3, 0.4) is 0 Å². The second-order valence-corrected chi connectivity index (χ2v) is 5.18. The Labute approximate surface area is 108 Å². The first-order chi connectivity index (χ1) is 8.72. The Kier molecular flexibility index (Phi) is 2.92. The lowest BCUT2D eigenvalue weighted by Crippen LogP contribution is -2.15. The molecule has 18 heavy (non-hydrogen) atoms. The van der Waals surface area contributed by atoms with E-state index in [9.17, 15) is 0 Å². The zero-order valence-corrected chi connectivity index (χ0v) is 11.0. The van der Waals surface area contributed by atoms with E-state index in [0.717, 1.165) is 18.3 Å². The zero-order valence-electron chi connectivity index (χ0n) is 11.0. The van der Waals surface area contributed by atoms with E-state index in [0.29, 0.717) is 0 Å². The Balaban J connectivity index is 1.85. The summed E-state index contributed by atoms with van der Waals surface area (Å²) in [5.41, 5.74) is 4.82. The van der Waals surface area contributed by atoms with Gasteiger partial charge in [-0.05, 0) is 49.9 Å². The average molecular weight is 241 g/mol. The zero-order chi connectivity index (χ0) is 12.5. The van der Waals surface area contributed by atoms with Crippen LogP contribution in [-0.4, -0.2) is 15.8 Å². The van der Waals surface area contributed by atoms with Crippen LogP contribution in [-0.2, 0) is 6.54 Å². The second kappa shape index (κ2) is 4.58. The monoisotopic (exact) mass is 241 g/mol. The Hall–Kier alpha value is -1.61. The van der Waals surface area contributed by atoms with Gasteiger partial charge >= 0.3 is 0 Å². The molecule has 1 aromatic heterocycles. The minimum Gasteiger partial charge on any atom is -0.310 e. The lowest BCUT2D eigenvalue weighted by Gasteiger charge is -2.09. The van der Waals surface area contributed by atoms with Crippen LogP contribution in [0.25, 0.3) is 5.69 Å². The van der Waals surface area contributed by atoms with Crippen molar-refractivity contribution in [2.24, 2.45) is 0 Å². The molecule has 3 heteroatoms. The summed E-state index contributed by atoms with van der Waals surface area (Å²) in [6.07, 6.45) is 4.68. The predicted molar refractivity (Wildman–Crippen MR) is 72.9 cm³/mol. The van der Waals surface area contributed by atoms with Gasteiger partial charge in [-0.1, -0.05) is 12.1 Å². The highest BCUT2D eigenvalue weighted by molar-refractivity contribution is 5.42. The van der Waals surface area contributed by atoms with Crippen molar-refractivity contribution in [3.8, 4) is 5.69 Å². The summed E-state index contributed by atoms with van der Waals surface area (Å²) in [5.74, 6) is 0. The van der Waals surface area contributed by atoms with Crippen molar-refractivity contribution in [2.75, 3.05) is 0 Å². The van der Waals surface area contributed by atoms with Crippen molar-refractivity contribution in [3.05, 3.63) is 47.3 Å². The third-order valence-electron chi connectivity index (χ3n) is 3.41. The summed E-state index contributed by atoms with van der Waals surface area (Å²) < 4.78 is 1.96. The van der Waals surface area contributed by atoms with Gasteiger partial charge in [0.1, 0.15) is 0 Å². The third-order valence-corrected chi connectivity index (χ3v) is 3.41. The first kappa shape index (κ1) is 11.5. The number of hydrogen-bond acceptors (Lipinski definition) is 2. The van der Waals surface area contributed by atoms with Gasteiger partial charge in [0.25, 0.3) is 0 Å². The van der Waals surface area contributed by atoms with Gasteiger partial charge < -0.3 is 5.32 Å².